The van der Waals surface area contributed by atoms with Gasteiger partial charge in [0.05, 0.1) is 0 Å². The highest BCUT2D eigenvalue weighted by Crippen LogP contribution is 2.26. The second-order valence-corrected chi connectivity index (χ2v) is 6.65. The molecular formula is C9H19NOS. The monoisotopic (exact) mass is 189 g/mol. The summed E-state index contributed by atoms with van der Waals surface area (Å²) in [6.07, 6.45) is 4.40. The molecular weight excluding hydrogens is 170 g/mol. The average Bonchev–Trinajstić information content (AvgIpc) is 2.32. The number of hydrogen-bond acceptors (Lipinski definition) is 2. The van der Waals surface area contributed by atoms with Gasteiger partial charge >= 0.3 is 0 Å². The van der Waals surface area contributed by atoms with Gasteiger partial charge < -0.3 is 0 Å². The van der Waals surface area contributed by atoms with Gasteiger partial charge in [0, 0.05) is 20.7 Å². The summed E-state index contributed by atoms with van der Waals surface area (Å²) in [5, 5.41) is 0.208. The second kappa shape index (κ2) is 3.77. The highest BCUT2D eigenvalue weighted by Gasteiger charge is 2.25. The summed E-state index contributed by atoms with van der Waals surface area (Å²) in [6.45, 7) is 4.09. The lowest BCUT2D eigenvalue weighted by Crippen LogP contribution is -2.22. The van der Waals surface area contributed by atoms with E-state index in [0.29, 0.717) is 11.7 Å². The van der Waals surface area contributed by atoms with Crippen molar-refractivity contribution in [2.24, 2.45) is 5.92 Å². The summed E-state index contributed by atoms with van der Waals surface area (Å²) in [4.78, 5) is 0. The molecule has 0 aromatic rings. The number of nitrogens with one attached hydrogen (secondary N) is 1. The van der Waals surface area contributed by atoms with Crippen LogP contribution in [0.3, 0.4) is 0 Å². The van der Waals surface area contributed by atoms with Crippen LogP contribution in [0.15, 0.2) is 0 Å². The molecule has 0 unspecified atom stereocenters. The minimum Gasteiger partial charge on any atom is -0.253 e. The Balaban J connectivity index is 2.58. The van der Waals surface area contributed by atoms with Gasteiger partial charge in [0.2, 0.25) is 0 Å². The van der Waals surface area contributed by atoms with E-state index < -0.39 is 9.73 Å². The average molecular weight is 189 g/mol. The molecule has 0 heterocycles. The summed E-state index contributed by atoms with van der Waals surface area (Å²) in [5.41, 5.74) is 0. The van der Waals surface area contributed by atoms with E-state index in [1.807, 2.05) is 13.8 Å². The summed E-state index contributed by atoms with van der Waals surface area (Å²) < 4.78 is 19.6. The molecule has 0 aliphatic heterocycles. The Bertz CT molecular complexity index is 225. The minimum atomic E-state index is -2.26. The van der Waals surface area contributed by atoms with E-state index in [2.05, 4.69) is 0 Å². The fraction of sp³-hybridized carbons (Fsp3) is 1.00. The molecule has 1 fully saturated rings. The van der Waals surface area contributed by atoms with E-state index >= 15 is 0 Å². The first kappa shape index (κ1) is 10.0. The first-order chi connectivity index (χ1) is 5.52. The Labute approximate surface area is 75.7 Å². The van der Waals surface area contributed by atoms with Crippen LogP contribution in [0.5, 0.6) is 0 Å². The lowest BCUT2D eigenvalue weighted by Gasteiger charge is -2.15. The molecule has 0 spiro atoms. The standard InChI is InChI=1S/C9H19NOS/c1-8(2)7-12(10,11)9-5-3-4-6-9/h8-10H,3-7H2,1-2H3/t12-/m0/s1. The Hall–Kier alpha value is -0.0500. The van der Waals surface area contributed by atoms with Crippen LogP contribution in [0.2, 0.25) is 0 Å². The molecule has 0 bridgehead atoms. The van der Waals surface area contributed by atoms with Gasteiger partial charge in [-0.3, -0.25) is 4.78 Å². The Morgan fingerprint density at radius 1 is 1.42 bits per heavy atom. The SMILES string of the molecule is CC(C)C[S@](=N)(=O)C1CCCC1. The molecule has 0 radical (unpaired) electrons. The minimum absolute atomic E-state index is 0.208. The first-order valence-corrected chi connectivity index (χ1v) is 6.56. The fourth-order valence-corrected chi connectivity index (χ4v) is 4.26. The first-order valence-electron chi connectivity index (χ1n) is 4.77. The molecule has 1 aliphatic carbocycles. The van der Waals surface area contributed by atoms with Crippen molar-refractivity contribution >= 4 is 9.73 Å². The summed E-state index contributed by atoms with van der Waals surface area (Å²) in [5.74, 6) is 0.994. The summed E-state index contributed by atoms with van der Waals surface area (Å²) in [6, 6.07) is 0. The van der Waals surface area contributed by atoms with Crippen molar-refractivity contribution < 1.29 is 4.21 Å². The van der Waals surface area contributed by atoms with Gasteiger partial charge in [-0.25, -0.2) is 4.21 Å². The van der Waals surface area contributed by atoms with E-state index in [9.17, 15) is 4.21 Å². The van der Waals surface area contributed by atoms with Crippen LogP contribution in [-0.4, -0.2) is 15.2 Å². The summed E-state index contributed by atoms with van der Waals surface area (Å²) >= 11 is 0. The van der Waals surface area contributed by atoms with Crippen molar-refractivity contribution in [2.45, 2.75) is 44.8 Å². The van der Waals surface area contributed by atoms with E-state index in [0.717, 1.165) is 12.8 Å². The van der Waals surface area contributed by atoms with Crippen molar-refractivity contribution in [1.29, 1.82) is 4.78 Å². The highest BCUT2D eigenvalue weighted by molar-refractivity contribution is 7.93. The zero-order valence-corrected chi connectivity index (χ0v) is 8.82. The quantitative estimate of drug-likeness (QED) is 0.728. The van der Waals surface area contributed by atoms with Crippen LogP contribution >= 0.6 is 0 Å². The van der Waals surface area contributed by atoms with Gasteiger partial charge in [0.25, 0.3) is 0 Å². The predicted octanol–water partition coefficient (Wildman–Crippen LogP) is 2.63. The molecule has 1 aliphatic rings. The van der Waals surface area contributed by atoms with Gasteiger partial charge in [0.1, 0.15) is 0 Å². The van der Waals surface area contributed by atoms with Crippen molar-refractivity contribution in [3.8, 4) is 0 Å². The van der Waals surface area contributed by atoms with Gasteiger partial charge in [-0.1, -0.05) is 26.7 Å². The zero-order chi connectivity index (χ0) is 9.19. The fourth-order valence-electron chi connectivity index (χ4n) is 1.90. The molecule has 12 heavy (non-hydrogen) atoms. The van der Waals surface area contributed by atoms with Crippen molar-refractivity contribution in [3.05, 3.63) is 0 Å². The van der Waals surface area contributed by atoms with E-state index in [-0.39, 0.29) is 5.25 Å². The molecule has 1 rings (SSSR count). The Morgan fingerprint density at radius 3 is 2.33 bits per heavy atom. The van der Waals surface area contributed by atoms with Gasteiger partial charge in [-0.2, -0.15) is 0 Å². The molecule has 3 heteroatoms. The summed E-state index contributed by atoms with van der Waals surface area (Å²) in [7, 11) is -2.26. The smallest absolute Gasteiger partial charge is 0.0473 e. The topological polar surface area (TPSA) is 40.9 Å². The second-order valence-electron chi connectivity index (χ2n) is 4.19. The third kappa shape index (κ3) is 2.47. The van der Waals surface area contributed by atoms with Gasteiger partial charge in [-0.15, -0.1) is 0 Å². The molecule has 72 valence electrons. The molecule has 0 amide bonds. The van der Waals surface area contributed by atoms with Crippen molar-refractivity contribution in [1.82, 2.24) is 0 Å². The van der Waals surface area contributed by atoms with E-state index in [4.69, 9.17) is 4.78 Å². The normalized spacial score (nSPS) is 24.6. The van der Waals surface area contributed by atoms with Crippen LogP contribution in [-0.2, 0) is 9.73 Å². The largest absolute Gasteiger partial charge is 0.253 e. The molecule has 1 atom stereocenters. The van der Waals surface area contributed by atoms with E-state index in [1.54, 1.807) is 0 Å². The van der Waals surface area contributed by atoms with Crippen molar-refractivity contribution in [3.63, 3.8) is 0 Å². The Kier molecular flexibility index (Phi) is 3.16. The molecule has 1 N–H and O–H groups in total. The molecule has 2 nitrogen and oxygen atoms in total. The lowest BCUT2D eigenvalue weighted by atomic mass is 10.3. The Morgan fingerprint density at radius 2 is 1.92 bits per heavy atom. The van der Waals surface area contributed by atoms with E-state index in [1.165, 1.54) is 12.8 Å². The molecule has 0 aromatic carbocycles. The van der Waals surface area contributed by atoms with Crippen LogP contribution in [0.25, 0.3) is 0 Å². The van der Waals surface area contributed by atoms with Gasteiger partial charge in [-0.05, 0) is 18.8 Å². The molecule has 1 saturated carbocycles. The maximum atomic E-state index is 11.9. The molecule has 0 aromatic heterocycles. The maximum absolute atomic E-state index is 11.9. The van der Waals surface area contributed by atoms with Crippen molar-refractivity contribution in [2.75, 3.05) is 5.75 Å². The van der Waals surface area contributed by atoms with Gasteiger partial charge in [0.15, 0.2) is 0 Å². The number of rotatable bonds is 3. The molecule has 0 saturated heterocycles. The predicted molar refractivity (Wildman–Crippen MR) is 52.8 cm³/mol. The van der Waals surface area contributed by atoms with Crippen LogP contribution in [0.4, 0.5) is 0 Å². The third-order valence-corrected chi connectivity index (χ3v) is 5.13. The maximum Gasteiger partial charge on any atom is 0.0473 e. The lowest BCUT2D eigenvalue weighted by molar-refractivity contribution is 0.640. The highest BCUT2D eigenvalue weighted by atomic mass is 32.2. The van der Waals surface area contributed by atoms with Crippen LogP contribution in [0.1, 0.15) is 39.5 Å². The van der Waals surface area contributed by atoms with Crippen LogP contribution < -0.4 is 0 Å². The third-order valence-electron chi connectivity index (χ3n) is 2.42. The van der Waals surface area contributed by atoms with Crippen LogP contribution in [0, 0.1) is 10.7 Å². The zero-order valence-electron chi connectivity index (χ0n) is 8.01. The number of hydrogen-bond donors (Lipinski definition) is 1.